The SMILES string of the molecule is COc1cc(C(=O)NCC(C)CC(=O)O)ccc1OCC(=O)NC(C)C. The number of ether oxygens (including phenoxy) is 2. The van der Waals surface area contributed by atoms with Crippen LogP contribution in [0.1, 0.15) is 37.6 Å². The van der Waals surface area contributed by atoms with Crippen molar-refractivity contribution in [2.75, 3.05) is 20.3 Å². The van der Waals surface area contributed by atoms with Crippen LogP contribution in [-0.2, 0) is 9.59 Å². The third-order valence-electron chi connectivity index (χ3n) is 3.37. The standard InChI is InChI=1S/C18H26N2O6/c1-11(2)20-16(21)10-26-14-6-5-13(8-15(14)25-4)18(24)19-9-12(3)7-17(22)23/h5-6,8,11-12H,7,9-10H2,1-4H3,(H,19,24)(H,20,21)(H,22,23). The number of rotatable bonds is 10. The number of benzene rings is 1. The number of carbonyl (C=O) groups excluding carboxylic acids is 2. The summed E-state index contributed by atoms with van der Waals surface area (Å²) in [7, 11) is 1.44. The molecule has 2 amide bonds. The molecule has 0 saturated heterocycles. The first kappa shape index (κ1) is 21.3. The first-order valence-electron chi connectivity index (χ1n) is 8.33. The number of aliphatic carboxylic acids is 1. The second-order valence-corrected chi connectivity index (χ2v) is 6.29. The van der Waals surface area contributed by atoms with E-state index in [4.69, 9.17) is 14.6 Å². The smallest absolute Gasteiger partial charge is 0.303 e. The lowest BCUT2D eigenvalue weighted by Gasteiger charge is -2.14. The Hall–Kier alpha value is -2.77. The molecule has 8 heteroatoms. The molecule has 0 fully saturated rings. The second-order valence-electron chi connectivity index (χ2n) is 6.29. The number of amides is 2. The van der Waals surface area contributed by atoms with Crippen LogP contribution in [0.3, 0.4) is 0 Å². The second kappa shape index (κ2) is 10.3. The quantitative estimate of drug-likeness (QED) is 0.577. The maximum Gasteiger partial charge on any atom is 0.303 e. The first-order valence-corrected chi connectivity index (χ1v) is 8.33. The zero-order chi connectivity index (χ0) is 19.7. The molecule has 144 valence electrons. The van der Waals surface area contributed by atoms with E-state index in [1.165, 1.54) is 13.2 Å². The number of methoxy groups -OCH3 is 1. The van der Waals surface area contributed by atoms with Gasteiger partial charge in [-0.3, -0.25) is 14.4 Å². The molecule has 0 aromatic heterocycles. The normalized spacial score (nSPS) is 11.6. The molecule has 0 aliphatic rings. The van der Waals surface area contributed by atoms with E-state index < -0.39 is 5.97 Å². The monoisotopic (exact) mass is 366 g/mol. The Balaban J connectivity index is 2.68. The van der Waals surface area contributed by atoms with Crippen molar-refractivity contribution in [1.82, 2.24) is 10.6 Å². The third kappa shape index (κ3) is 7.42. The van der Waals surface area contributed by atoms with Crippen molar-refractivity contribution in [2.45, 2.75) is 33.2 Å². The van der Waals surface area contributed by atoms with Crippen LogP contribution in [0.25, 0.3) is 0 Å². The lowest BCUT2D eigenvalue weighted by atomic mass is 10.1. The highest BCUT2D eigenvalue weighted by Gasteiger charge is 2.14. The molecule has 0 aliphatic heterocycles. The molecule has 1 atom stereocenters. The zero-order valence-corrected chi connectivity index (χ0v) is 15.5. The number of nitrogens with one attached hydrogen (secondary N) is 2. The van der Waals surface area contributed by atoms with Crippen molar-refractivity contribution in [3.63, 3.8) is 0 Å². The van der Waals surface area contributed by atoms with Crippen LogP contribution in [0.4, 0.5) is 0 Å². The van der Waals surface area contributed by atoms with Crippen LogP contribution in [0, 0.1) is 5.92 Å². The molecule has 0 heterocycles. The lowest BCUT2D eigenvalue weighted by Crippen LogP contribution is -2.34. The van der Waals surface area contributed by atoms with Crippen LogP contribution in [0.5, 0.6) is 11.5 Å². The summed E-state index contributed by atoms with van der Waals surface area (Å²) in [6.45, 7) is 5.54. The van der Waals surface area contributed by atoms with Gasteiger partial charge in [-0.05, 0) is 38.0 Å². The largest absolute Gasteiger partial charge is 0.493 e. The Morgan fingerprint density at radius 3 is 2.42 bits per heavy atom. The van der Waals surface area contributed by atoms with Gasteiger partial charge in [0.1, 0.15) is 0 Å². The summed E-state index contributed by atoms with van der Waals surface area (Å²) in [5.74, 6) is -1.01. The summed E-state index contributed by atoms with van der Waals surface area (Å²) < 4.78 is 10.6. The number of hydrogen-bond donors (Lipinski definition) is 3. The Labute approximate surface area is 152 Å². The average Bonchev–Trinajstić information content (AvgIpc) is 2.56. The van der Waals surface area contributed by atoms with Gasteiger partial charge in [0.15, 0.2) is 18.1 Å². The van der Waals surface area contributed by atoms with E-state index >= 15 is 0 Å². The summed E-state index contributed by atoms with van der Waals surface area (Å²) in [4.78, 5) is 34.5. The summed E-state index contributed by atoms with van der Waals surface area (Å²) in [6.07, 6.45) is -0.0190. The molecular weight excluding hydrogens is 340 g/mol. The van der Waals surface area contributed by atoms with Gasteiger partial charge in [0.05, 0.1) is 7.11 Å². The Bertz CT molecular complexity index is 645. The van der Waals surface area contributed by atoms with Crippen LogP contribution in [-0.4, -0.2) is 49.2 Å². The molecule has 1 aromatic rings. The maximum absolute atomic E-state index is 12.2. The van der Waals surface area contributed by atoms with Crippen molar-refractivity contribution in [1.29, 1.82) is 0 Å². The fourth-order valence-electron chi connectivity index (χ4n) is 2.17. The van der Waals surface area contributed by atoms with Gasteiger partial charge in [-0.25, -0.2) is 0 Å². The maximum atomic E-state index is 12.2. The van der Waals surface area contributed by atoms with Crippen molar-refractivity contribution in [2.24, 2.45) is 5.92 Å². The first-order chi connectivity index (χ1) is 12.2. The predicted octanol–water partition coefficient (Wildman–Crippen LogP) is 1.44. The van der Waals surface area contributed by atoms with E-state index in [2.05, 4.69) is 10.6 Å². The molecule has 0 saturated carbocycles. The molecular formula is C18H26N2O6. The van der Waals surface area contributed by atoms with E-state index in [-0.39, 0.29) is 43.3 Å². The van der Waals surface area contributed by atoms with Gasteiger partial charge in [-0.2, -0.15) is 0 Å². The summed E-state index contributed by atoms with van der Waals surface area (Å²) in [5, 5.41) is 14.1. The number of carbonyl (C=O) groups is 3. The minimum Gasteiger partial charge on any atom is -0.493 e. The molecule has 8 nitrogen and oxygen atoms in total. The van der Waals surface area contributed by atoms with Crippen LogP contribution < -0.4 is 20.1 Å². The van der Waals surface area contributed by atoms with Crippen molar-refractivity contribution < 1.29 is 29.0 Å². The molecule has 1 aromatic carbocycles. The minimum atomic E-state index is -0.906. The van der Waals surface area contributed by atoms with Crippen molar-refractivity contribution in [3.8, 4) is 11.5 Å². The van der Waals surface area contributed by atoms with Gasteiger partial charge in [-0.1, -0.05) is 6.92 Å². The van der Waals surface area contributed by atoms with Gasteiger partial charge in [0.25, 0.3) is 11.8 Å². The van der Waals surface area contributed by atoms with Gasteiger partial charge in [-0.15, -0.1) is 0 Å². The van der Waals surface area contributed by atoms with Gasteiger partial charge in [0.2, 0.25) is 0 Å². The molecule has 3 N–H and O–H groups in total. The van der Waals surface area contributed by atoms with Crippen molar-refractivity contribution >= 4 is 17.8 Å². The summed E-state index contributed by atoms with van der Waals surface area (Å²) in [6, 6.07) is 4.63. The Kier molecular flexibility index (Phi) is 8.41. The number of carboxylic acid groups (broad SMARTS) is 1. The van der Waals surface area contributed by atoms with E-state index in [1.807, 2.05) is 13.8 Å². The highest BCUT2D eigenvalue weighted by atomic mass is 16.5. The number of carboxylic acids is 1. The molecule has 0 radical (unpaired) electrons. The predicted molar refractivity (Wildman–Crippen MR) is 95.5 cm³/mol. The molecule has 0 aliphatic carbocycles. The Morgan fingerprint density at radius 1 is 1.15 bits per heavy atom. The molecule has 1 rings (SSSR count). The van der Waals surface area contributed by atoms with E-state index in [0.29, 0.717) is 17.1 Å². The molecule has 1 unspecified atom stereocenters. The summed E-state index contributed by atoms with van der Waals surface area (Å²) in [5.41, 5.74) is 0.350. The van der Waals surface area contributed by atoms with Crippen molar-refractivity contribution in [3.05, 3.63) is 23.8 Å². The van der Waals surface area contributed by atoms with E-state index in [0.717, 1.165) is 0 Å². The van der Waals surface area contributed by atoms with E-state index in [1.54, 1.807) is 19.1 Å². The zero-order valence-electron chi connectivity index (χ0n) is 15.5. The highest BCUT2D eigenvalue weighted by Crippen LogP contribution is 2.28. The third-order valence-corrected chi connectivity index (χ3v) is 3.37. The Morgan fingerprint density at radius 2 is 1.85 bits per heavy atom. The minimum absolute atomic E-state index is 0.0163. The lowest BCUT2D eigenvalue weighted by molar-refractivity contribution is -0.138. The summed E-state index contributed by atoms with van der Waals surface area (Å²) >= 11 is 0. The topological polar surface area (TPSA) is 114 Å². The fraction of sp³-hybridized carbons (Fsp3) is 0.500. The molecule has 26 heavy (non-hydrogen) atoms. The van der Waals surface area contributed by atoms with Crippen LogP contribution in [0.15, 0.2) is 18.2 Å². The van der Waals surface area contributed by atoms with E-state index in [9.17, 15) is 14.4 Å². The number of hydrogen-bond acceptors (Lipinski definition) is 5. The average molecular weight is 366 g/mol. The molecule has 0 bridgehead atoms. The van der Waals surface area contributed by atoms with Crippen LogP contribution in [0.2, 0.25) is 0 Å². The highest BCUT2D eigenvalue weighted by molar-refractivity contribution is 5.94. The van der Waals surface area contributed by atoms with Gasteiger partial charge in [0, 0.05) is 24.6 Å². The molecule has 0 spiro atoms. The van der Waals surface area contributed by atoms with Crippen LogP contribution >= 0.6 is 0 Å². The van der Waals surface area contributed by atoms with Gasteiger partial charge >= 0.3 is 5.97 Å². The fourth-order valence-corrected chi connectivity index (χ4v) is 2.17. The van der Waals surface area contributed by atoms with Gasteiger partial charge < -0.3 is 25.2 Å².